The molecule has 0 unspecified atom stereocenters. The first kappa shape index (κ1) is 15.8. The number of carbonyl (C=O) groups excluding carboxylic acids is 1. The number of nitrogens with zero attached hydrogens (tertiary/aromatic N) is 3. The predicted molar refractivity (Wildman–Crippen MR) is 95.8 cm³/mol. The lowest BCUT2D eigenvalue weighted by Crippen LogP contribution is -2.22. The molecule has 0 radical (unpaired) electrons. The fraction of sp³-hybridized carbons (Fsp3) is 0.611. The fourth-order valence-electron chi connectivity index (χ4n) is 3.50. The van der Waals surface area contributed by atoms with Crippen molar-refractivity contribution in [1.82, 2.24) is 9.97 Å². The van der Waals surface area contributed by atoms with Crippen LogP contribution in [-0.4, -0.2) is 36.1 Å². The van der Waals surface area contributed by atoms with Gasteiger partial charge < -0.3 is 9.64 Å². The van der Waals surface area contributed by atoms with Gasteiger partial charge >= 0.3 is 5.97 Å². The van der Waals surface area contributed by atoms with E-state index in [1.54, 1.807) is 0 Å². The summed E-state index contributed by atoms with van der Waals surface area (Å²) in [6, 6.07) is 0.607. The number of carbonyl (C=O) groups is 1. The zero-order valence-corrected chi connectivity index (χ0v) is 15.1. The number of ether oxygens (including phenoxy) is 1. The van der Waals surface area contributed by atoms with Crippen LogP contribution in [0.25, 0.3) is 10.2 Å². The van der Waals surface area contributed by atoms with E-state index in [2.05, 4.69) is 11.9 Å². The Morgan fingerprint density at radius 2 is 2.08 bits per heavy atom. The van der Waals surface area contributed by atoms with E-state index in [1.807, 2.05) is 11.3 Å². The van der Waals surface area contributed by atoms with E-state index in [4.69, 9.17) is 14.7 Å². The van der Waals surface area contributed by atoms with Crippen LogP contribution >= 0.6 is 11.3 Å². The molecule has 1 saturated carbocycles. The predicted octanol–water partition coefficient (Wildman–Crippen LogP) is 3.27. The van der Waals surface area contributed by atoms with Crippen molar-refractivity contribution in [3.05, 3.63) is 16.3 Å². The molecule has 6 heteroatoms. The van der Waals surface area contributed by atoms with Gasteiger partial charge in [-0.3, -0.25) is 4.79 Å². The van der Waals surface area contributed by atoms with Crippen LogP contribution in [0.5, 0.6) is 0 Å². The van der Waals surface area contributed by atoms with Crippen molar-refractivity contribution in [2.24, 2.45) is 0 Å². The van der Waals surface area contributed by atoms with Crippen LogP contribution in [-0.2, 0) is 28.8 Å². The molecule has 24 heavy (non-hydrogen) atoms. The van der Waals surface area contributed by atoms with E-state index in [1.165, 1.54) is 55.0 Å². The number of methoxy groups -OCH3 is 1. The van der Waals surface area contributed by atoms with Gasteiger partial charge in [0.25, 0.3) is 0 Å². The Balaban J connectivity index is 1.77. The van der Waals surface area contributed by atoms with Gasteiger partial charge in [-0.05, 0) is 44.1 Å². The summed E-state index contributed by atoms with van der Waals surface area (Å²) in [7, 11) is 3.57. The maximum absolute atomic E-state index is 11.5. The number of fused-ring (bicyclic) bond motifs is 3. The lowest BCUT2D eigenvalue weighted by Gasteiger charge is -2.20. The molecule has 2 aliphatic carbocycles. The molecule has 2 heterocycles. The molecule has 2 aliphatic rings. The maximum atomic E-state index is 11.5. The van der Waals surface area contributed by atoms with E-state index >= 15 is 0 Å². The Kier molecular flexibility index (Phi) is 4.16. The van der Waals surface area contributed by atoms with E-state index in [0.29, 0.717) is 18.9 Å². The number of rotatable bonds is 5. The number of anilines is 1. The third-order valence-electron chi connectivity index (χ3n) is 5.05. The topological polar surface area (TPSA) is 55.3 Å². The van der Waals surface area contributed by atoms with Crippen molar-refractivity contribution in [2.45, 2.75) is 57.4 Å². The van der Waals surface area contributed by atoms with Crippen molar-refractivity contribution >= 4 is 33.3 Å². The molecule has 0 spiro atoms. The molecule has 5 nitrogen and oxygen atoms in total. The van der Waals surface area contributed by atoms with Crippen molar-refractivity contribution in [1.29, 1.82) is 0 Å². The molecule has 4 rings (SSSR count). The summed E-state index contributed by atoms with van der Waals surface area (Å²) < 4.78 is 4.75. The summed E-state index contributed by atoms with van der Waals surface area (Å²) in [6.45, 7) is 0. The molecular formula is C18H23N3O2S. The van der Waals surface area contributed by atoms with Gasteiger partial charge in [-0.25, -0.2) is 9.97 Å². The fourth-order valence-corrected chi connectivity index (χ4v) is 4.77. The monoisotopic (exact) mass is 345 g/mol. The Labute approximate surface area is 146 Å². The van der Waals surface area contributed by atoms with Gasteiger partial charge in [0.1, 0.15) is 16.5 Å². The van der Waals surface area contributed by atoms with E-state index in [9.17, 15) is 4.79 Å². The molecule has 0 bridgehead atoms. The van der Waals surface area contributed by atoms with Crippen molar-refractivity contribution in [3.63, 3.8) is 0 Å². The van der Waals surface area contributed by atoms with Crippen LogP contribution in [0.15, 0.2) is 0 Å². The second-order valence-corrected chi connectivity index (χ2v) is 7.86. The highest BCUT2D eigenvalue weighted by atomic mass is 32.1. The minimum absolute atomic E-state index is 0.207. The number of esters is 1. The first-order chi connectivity index (χ1) is 11.7. The number of hydrogen-bond donors (Lipinski definition) is 0. The van der Waals surface area contributed by atoms with E-state index in [-0.39, 0.29) is 5.97 Å². The van der Waals surface area contributed by atoms with Gasteiger partial charge in [0.2, 0.25) is 0 Å². The van der Waals surface area contributed by atoms with Crippen LogP contribution in [0.4, 0.5) is 5.82 Å². The zero-order valence-electron chi connectivity index (χ0n) is 14.3. The molecule has 0 aromatic carbocycles. The van der Waals surface area contributed by atoms with E-state index in [0.717, 1.165) is 22.9 Å². The Bertz CT molecular complexity index is 782. The molecule has 0 saturated heterocycles. The van der Waals surface area contributed by atoms with Crippen molar-refractivity contribution < 1.29 is 9.53 Å². The highest BCUT2D eigenvalue weighted by Crippen LogP contribution is 2.41. The average Bonchev–Trinajstić information content (AvgIpc) is 3.38. The molecule has 128 valence electrons. The number of aryl methyl sites for hydroxylation is 3. The van der Waals surface area contributed by atoms with Crippen LogP contribution in [0, 0.1) is 0 Å². The minimum Gasteiger partial charge on any atom is -0.469 e. The van der Waals surface area contributed by atoms with Crippen molar-refractivity contribution in [2.75, 3.05) is 19.1 Å². The third kappa shape index (κ3) is 2.88. The Morgan fingerprint density at radius 3 is 2.83 bits per heavy atom. The largest absolute Gasteiger partial charge is 0.469 e. The minimum atomic E-state index is -0.207. The summed E-state index contributed by atoms with van der Waals surface area (Å²) in [6.07, 6.45) is 8.20. The zero-order chi connectivity index (χ0) is 16.7. The Hall–Kier alpha value is -1.69. The van der Waals surface area contributed by atoms with Crippen LogP contribution in [0.1, 0.15) is 48.4 Å². The highest BCUT2D eigenvalue weighted by Gasteiger charge is 2.31. The third-order valence-corrected chi connectivity index (χ3v) is 6.24. The molecule has 0 atom stereocenters. The quantitative estimate of drug-likeness (QED) is 0.779. The maximum Gasteiger partial charge on any atom is 0.305 e. The highest BCUT2D eigenvalue weighted by molar-refractivity contribution is 7.19. The number of thiophene rings is 1. The molecule has 2 aromatic heterocycles. The summed E-state index contributed by atoms with van der Waals surface area (Å²) in [4.78, 5) is 26.0. The molecule has 0 aliphatic heterocycles. The molecule has 0 N–H and O–H groups in total. The second-order valence-electron chi connectivity index (χ2n) is 6.77. The smallest absolute Gasteiger partial charge is 0.305 e. The normalized spacial score (nSPS) is 16.9. The van der Waals surface area contributed by atoms with Gasteiger partial charge in [-0.2, -0.15) is 0 Å². The lowest BCUT2D eigenvalue weighted by atomic mass is 9.97. The van der Waals surface area contributed by atoms with E-state index < -0.39 is 0 Å². The summed E-state index contributed by atoms with van der Waals surface area (Å²) in [5.41, 5.74) is 1.48. The van der Waals surface area contributed by atoms with Crippen LogP contribution in [0.2, 0.25) is 0 Å². The van der Waals surface area contributed by atoms with Gasteiger partial charge in [-0.1, -0.05) is 0 Å². The lowest BCUT2D eigenvalue weighted by molar-refractivity contribution is -0.140. The number of hydrogen-bond acceptors (Lipinski definition) is 6. The molecule has 1 fully saturated rings. The summed E-state index contributed by atoms with van der Waals surface area (Å²) in [5.74, 6) is 1.62. The van der Waals surface area contributed by atoms with Crippen molar-refractivity contribution in [3.8, 4) is 0 Å². The van der Waals surface area contributed by atoms with Gasteiger partial charge in [0, 0.05) is 24.4 Å². The molecule has 2 aromatic rings. The summed E-state index contributed by atoms with van der Waals surface area (Å²) >= 11 is 1.82. The Morgan fingerprint density at radius 1 is 1.29 bits per heavy atom. The summed E-state index contributed by atoms with van der Waals surface area (Å²) in [5, 5.41) is 1.27. The molecular weight excluding hydrogens is 322 g/mol. The second kappa shape index (κ2) is 6.31. The van der Waals surface area contributed by atoms with Crippen LogP contribution in [0.3, 0.4) is 0 Å². The molecule has 0 amide bonds. The standard InChI is InChI=1S/C18H23N3O2S/c1-21(11-7-8-11)17-16-12-5-3-4-6-13(12)24-18(16)20-14(19-17)9-10-15(22)23-2/h11H,3-10H2,1-2H3. The first-order valence-electron chi connectivity index (χ1n) is 8.78. The number of aromatic nitrogens is 2. The van der Waals surface area contributed by atoms with Crippen LogP contribution < -0.4 is 4.90 Å². The average molecular weight is 345 g/mol. The van der Waals surface area contributed by atoms with Gasteiger partial charge in [0.15, 0.2) is 0 Å². The first-order valence-corrected chi connectivity index (χ1v) is 9.60. The SMILES string of the molecule is COC(=O)CCc1nc(N(C)C2CC2)c2c3c(sc2n1)CCCC3. The van der Waals surface area contributed by atoms with Gasteiger partial charge in [0.05, 0.1) is 18.9 Å². The van der Waals surface area contributed by atoms with Gasteiger partial charge in [-0.15, -0.1) is 11.3 Å².